The van der Waals surface area contributed by atoms with E-state index in [1.54, 1.807) is 0 Å². The van der Waals surface area contributed by atoms with Crippen LogP contribution in [-0.4, -0.2) is 31.6 Å². The van der Waals surface area contributed by atoms with Gasteiger partial charge in [0.25, 0.3) is 0 Å². The van der Waals surface area contributed by atoms with E-state index in [4.69, 9.17) is 4.74 Å². The first-order chi connectivity index (χ1) is 10.2. The molecule has 1 aliphatic rings. The fourth-order valence-corrected chi connectivity index (χ4v) is 2.60. The zero-order valence-corrected chi connectivity index (χ0v) is 12.3. The molecule has 21 heavy (non-hydrogen) atoms. The highest BCUT2D eigenvalue weighted by atomic mass is 16.5. The second-order valence-corrected chi connectivity index (χ2v) is 5.31. The number of hydrogen-bond donors (Lipinski definition) is 2. The van der Waals surface area contributed by atoms with Crippen LogP contribution in [0.15, 0.2) is 30.3 Å². The molecule has 0 saturated carbocycles. The normalized spacial score (nSPS) is 19.0. The first-order valence-electron chi connectivity index (χ1n) is 7.33. The predicted molar refractivity (Wildman–Crippen MR) is 79.6 cm³/mol. The van der Waals surface area contributed by atoms with Gasteiger partial charge in [-0.1, -0.05) is 30.3 Å². The molecule has 1 amide bonds. The van der Waals surface area contributed by atoms with Gasteiger partial charge in [-0.15, -0.1) is 0 Å². The van der Waals surface area contributed by atoms with Crippen LogP contribution in [0.2, 0.25) is 0 Å². The Hall–Kier alpha value is -1.88. The molecule has 1 saturated heterocycles. The summed E-state index contributed by atoms with van der Waals surface area (Å²) in [6.07, 6.45) is 2.73. The molecule has 5 nitrogen and oxygen atoms in total. The van der Waals surface area contributed by atoms with Gasteiger partial charge < -0.3 is 15.4 Å². The van der Waals surface area contributed by atoms with Crippen molar-refractivity contribution in [2.45, 2.75) is 37.8 Å². The van der Waals surface area contributed by atoms with Gasteiger partial charge in [0.05, 0.1) is 19.6 Å². The van der Waals surface area contributed by atoms with Gasteiger partial charge in [-0.25, -0.2) is 0 Å². The molecule has 1 aromatic rings. The van der Waals surface area contributed by atoms with Crippen LogP contribution < -0.4 is 10.6 Å². The largest absolute Gasteiger partial charge is 0.469 e. The van der Waals surface area contributed by atoms with Crippen molar-refractivity contribution in [3.8, 4) is 0 Å². The second-order valence-electron chi connectivity index (χ2n) is 5.31. The Morgan fingerprint density at radius 2 is 2.14 bits per heavy atom. The molecule has 2 atom stereocenters. The van der Waals surface area contributed by atoms with Gasteiger partial charge in [-0.05, 0) is 24.9 Å². The van der Waals surface area contributed by atoms with E-state index in [0.29, 0.717) is 6.42 Å². The number of rotatable bonds is 6. The third kappa shape index (κ3) is 4.86. The lowest BCUT2D eigenvalue weighted by Gasteiger charge is -2.19. The summed E-state index contributed by atoms with van der Waals surface area (Å²) in [5, 5.41) is 6.25. The molecule has 1 fully saturated rings. The Morgan fingerprint density at radius 1 is 1.38 bits per heavy atom. The molecule has 0 aliphatic carbocycles. The zero-order chi connectivity index (χ0) is 15.1. The van der Waals surface area contributed by atoms with E-state index in [9.17, 15) is 9.59 Å². The first-order valence-corrected chi connectivity index (χ1v) is 7.33. The van der Waals surface area contributed by atoms with E-state index in [1.807, 2.05) is 30.3 Å². The Bertz CT molecular complexity index is 470. The fourth-order valence-electron chi connectivity index (χ4n) is 2.60. The van der Waals surface area contributed by atoms with E-state index < -0.39 is 0 Å². The van der Waals surface area contributed by atoms with E-state index in [2.05, 4.69) is 10.6 Å². The maximum Gasteiger partial charge on any atom is 0.307 e. The summed E-state index contributed by atoms with van der Waals surface area (Å²) in [6.45, 7) is 0.974. The average molecular weight is 290 g/mol. The molecule has 2 unspecified atom stereocenters. The summed E-state index contributed by atoms with van der Waals surface area (Å²) < 4.78 is 4.71. The highest BCUT2D eigenvalue weighted by molar-refractivity contribution is 5.78. The Morgan fingerprint density at radius 3 is 2.76 bits per heavy atom. The van der Waals surface area contributed by atoms with Gasteiger partial charge in [-0.2, -0.15) is 0 Å². The van der Waals surface area contributed by atoms with Crippen molar-refractivity contribution in [3.05, 3.63) is 35.9 Å². The highest BCUT2D eigenvalue weighted by Gasteiger charge is 2.22. The van der Waals surface area contributed by atoms with Gasteiger partial charge in [-0.3, -0.25) is 9.59 Å². The molecule has 2 rings (SSSR count). The van der Waals surface area contributed by atoms with Crippen molar-refractivity contribution in [1.29, 1.82) is 0 Å². The van der Waals surface area contributed by atoms with Gasteiger partial charge in [0, 0.05) is 12.5 Å². The lowest BCUT2D eigenvalue weighted by atomic mass is 10.0. The summed E-state index contributed by atoms with van der Waals surface area (Å²) in [5.74, 6) is -0.365. The van der Waals surface area contributed by atoms with E-state index in [1.165, 1.54) is 7.11 Å². The van der Waals surface area contributed by atoms with Crippen LogP contribution in [0.4, 0.5) is 0 Å². The predicted octanol–water partition coefficient (Wildman–Crippen LogP) is 1.55. The second kappa shape index (κ2) is 7.78. The van der Waals surface area contributed by atoms with Crippen molar-refractivity contribution in [3.63, 3.8) is 0 Å². The van der Waals surface area contributed by atoms with Crippen LogP contribution >= 0.6 is 0 Å². The van der Waals surface area contributed by atoms with Crippen LogP contribution in [-0.2, 0) is 14.3 Å². The summed E-state index contributed by atoms with van der Waals surface area (Å²) in [5.41, 5.74) is 0.913. The molecule has 1 aliphatic heterocycles. The molecule has 1 heterocycles. The Balaban J connectivity index is 1.97. The SMILES string of the molecule is COC(=O)CC(NC(=O)CC1CCCN1)c1ccccc1. The molecule has 1 aromatic carbocycles. The van der Waals surface area contributed by atoms with Crippen molar-refractivity contribution < 1.29 is 14.3 Å². The van der Waals surface area contributed by atoms with Crippen molar-refractivity contribution in [1.82, 2.24) is 10.6 Å². The van der Waals surface area contributed by atoms with E-state index >= 15 is 0 Å². The van der Waals surface area contributed by atoms with Gasteiger partial charge >= 0.3 is 5.97 Å². The Labute approximate surface area is 125 Å². The lowest BCUT2D eigenvalue weighted by Crippen LogP contribution is -2.35. The maximum absolute atomic E-state index is 12.1. The summed E-state index contributed by atoms with van der Waals surface area (Å²) in [4.78, 5) is 23.7. The van der Waals surface area contributed by atoms with Crippen LogP contribution in [0.3, 0.4) is 0 Å². The molecule has 0 radical (unpaired) electrons. The van der Waals surface area contributed by atoms with E-state index in [0.717, 1.165) is 24.9 Å². The highest BCUT2D eigenvalue weighted by Crippen LogP contribution is 2.18. The number of benzene rings is 1. The smallest absolute Gasteiger partial charge is 0.307 e. The van der Waals surface area contributed by atoms with Crippen molar-refractivity contribution >= 4 is 11.9 Å². The number of carbonyl (C=O) groups is 2. The van der Waals surface area contributed by atoms with Crippen LogP contribution in [0, 0.1) is 0 Å². The third-order valence-electron chi connectivity index (χ3n) is 3.73. The van der Waals surface area contributed by atoms with Gasteiger partial charge in [0.2, 0.25) is 5.91 Å². The van der Waals surface area contributed by atoms with Crippen LogP contribution in [0.1, 0.15) is 37.3 Å². The average Bonchev–Trinajstić information content (AvgIpc) is 3.00. The van der Waals surface area contributed by atoms with Gasteiger partial charge in [0.1, 0.15) is 0 Å². The zero-order valence-electron chi connectivity index (χ0n) is 12.3. The van der Waals surface area contributed by atoms with Crippen molar-refractivity contribution in [2.24, 2.45) is 0 Å². The molecule has 2 N–H and O–H groups in total. The molecule has 0 bridgehead atoms. The number of ether oxygens (including phenoxy) is 1. The molecular formula is C16H22N2O3. The molecule has 0 spiro atoms. The monoisotopic (exact) mass is 290 g/mol. The number of hydrogen-bond acceptors (Lipinski definition) is 4. The first kappa shape index (κ1) is 15.5. The molecule has 114 valence electrons. The quantitative estimate of drug-likeness (QED) is 0.780. The topological polar surface area (TPSA) is 67.4 Å². The number of esters is 1. The van der Waals surface area contributed by atoms with Crippen molar-refractivity contribution in [2.75, 3.05) is 13.7 Å². The van der Waals surface area contributed by atoms with Crippen LogP contribution in [0.25, 0.3) is 0 Å². The van der Waals surface area contributed by atoms with E-state index in [-0.39, 0.29) is 30.4 Å². The Kier molecular flexibility index (Phi) is 5.75. The van der Waals surface area contributed by atoms with Crippen LogP contribution in [0.5, 0.6) is 0 Å². The summed E-state index contributed by atoms with van der Waals surface area (Å²) >= 11 is 0. The lowest BCUT2D eigenvalue weighted by molar-refractivity contribution is -0.141. The minimum Gasteiger partial charge on any atom is -0.469 e. The molecular weight excluding hydrogens is 268 g/mol. The summed E-state index contributed by atoms with van der Waals surface area (Å²) in [6, 6.07) is 9.41. The van der Waals surface area contributed by atoms with Gasteiger partial charge in [0.15, 0.2) is 0 Å². The fraction of sp³-hybridized carbons (Fsp3) is 0.500. The standard InChI is InChI=1S/C16H22N2O3/c1-21-16(20)11-14(12-6-3-2-4-7-12)18-15(19)10-13-8-5-9-17-13/h2-4,6-7,13-14,17H,5,8-11H2,1H3,(H,18,19). The minimum atomic E-state index is -0.340. The number of amides is 1. The minimum absolute atomic E-state index is 0.0350. The number of nitrogens with one attached hydrogen (secondary N) is 2. The summed E-state index contributed by atoms with van der Waals surface area (Å²) in [7, 11) is 1.36. The maximum atomic E-state index is 12.1. The number of methoxy groups -OCH3 is 1. The third-order valence-corrected chi connectivity index (χ3v) is 3.73. The molecule has 5 heteroatoms. The number of carbonyl (C=O) groups excluding carboxylic acids is 2. The molecule has 0 aromatic heterocycles.